The van der Waals surface area contributed by atoms with Gasteiger partial charge in [-0.15, -0.1) is 5.11 Å². The lowest BCUT2D eigenvalue weighted by Crippen LogP contribution is -1.86. The molecular weight excluding hydrogens is 140 g/mol. The molecule has 1 aliphatic heterocycles. The zero-order valence-electron chi connectivity index (χ0n) is 5.60. The number of nitriles is 1. The molecule has 0 amide bonds. The van der Waals surface area contributed by atoms with Crippen molar-refractivity contribution >= 4 is 5.82 Å². The quantitative estimate of drug-likeness (QED) is 0.556. The van der Waals surface area contributed by atoms with E-state index in [4.69, 9.17) is 5.26 Å². The highest BCUT2D eigenvalue weighted by atomic mass is 15.2. The summed E-state index contributed by atoms with van der Waals surface area (Å²) in [6.07, 6.45) is 1.64. The predicted molar refractivity (Wildman–Crippen MR) is 37.1 cm³/mol. The van der Waals surface area contributed by atoms with Crippen molar-refractivity contribution in [2.75, 3.05) is 0 Å². The van der Waals surface area contributed by atoms with Crippen molar-refractivity contribution < 1.29 is 0 Å². The summed E-state index contributed by atoms with van der Waals surface area (Å²) in [5.74, 6) is 0.569. The third kappa shape index (κ3) is 0.783. The van der Waals surface area contributed by atoms with E-state index in [0.717, 1.165) is 5.56 Å². The molecule has 0 N–H and O–H groups in total. The van der Waals surface area contributed by atoms with Crippen LogP contribution in [-0.4, -0.2) is 4.98 Å². The number of fused-ring (bicyclic) bond motifs is 1. The number of hydrogen-bond donors (Lipinski definition) is 0. The number of hydrogen-bond acceptors (Lipinski definition) is 4. The SMILES string of the molecule is N#CC1N=Nc2ncccc21. The van der Waals surface area contributed by atoms with Crippen molar-refractivity contribution in [2.45, 2.75) is 6.04 Å². The Bertz CT molecular complexity index is 350. The minimum atomic E-state index is -0.446. The van der Waals surface area contributed by atoms with Crippen LogP contribution in [0.2, 0.25) is 0 Å². The summed E-state index contributed by atoms with van der Waals surface area (Å²) in [5.41, 5.74) is 0.801. The van der Waals surface area contributed by atoms with Gasteiger partial charge in [-0.25, -0.2) is 4.98 Å². The molecule has 11 heavy (non-hydrogen) atoms. The maximum Gasteiger partial charge on any atom is 0.186 e. The second-order valence-corrected chi connectivity index (χ2v) is 2.16. The fourth-order valence-corrected chi connectivity index (χ4v) is 0.976. The highest BCUT2D eigenvalue weighted by molar-refractivity contribution is 5.44. The van der Waals surface area contributed by atoms with Gasteiger partial charge >= 0.3 is 0 Å². The van der Waals surface area contributed by atoms with Crippen LogP contribution in [-0.2, 0) is 0 Å². The van der Waals surface area contributed by atoms with Gasteiger partial charge in [0.1, 0.15) is 0 Å². The summed E-state index contributed by atoms with van der Waals surface area (Å²) >= 11 is 0. The molecule has 0 radical (unpaired) electrons. The summed E-state index contributed by atoms with van der Waals surface area (Å²) in [6, 6.07) is 5.17. The van der Waals surface area contributed by atoms with E-state index in [0.29, 0.717) is 5.82 Å². The van der Waals surface area contributed by atoms with Gasteiger partial charge in [0.25, 0.3) is 0 Å². The maximum atomic E-state index is 8.58. The standard InChI is InChI=1S/C7H4N4/c8-4-6-5-2-1-3-9-7(5)11-10-6/h1-3,6H. The lowest BCUT2D eigenvalue weighted by Gasteiger charge is -1.93. The maximum absolute atomic E-state index is 8.58. The smallest absolute Gasteiger partial charge is 0.186 e. The molecule has 1 aliphatic rings. The van der Waals surface area contributed by atoms with Crippen LogP contribution < -0.4 is 0 Å². The number of rotatable bonds is 0. The highest BCUT2D eigenvalue weighted by Crippen LogP contribution is 2.32. The van der Waals surface area contributed by atoms with Crippen LogP contribution in [0.5, 0.6) is 0 Å². The second kappa shape index (κ2) is 2.13. The Morgan fingerprint density at radius 1 is 1.55 bits per heavy atom. The lowest BCUT2D eigenvalue weighted by molar-refractivity contribution is 0.912. The number of pyridine rings is 1. The van der Waals surface area contributed by atoms with Gasteiger partial charge in [0.15, 0.2) is 11.9 Å². The fourth-order valence-electron chi connectivity index (χ4n) is 0.976. The van der Waals surface area contributed by atoms with Crippen molar-refractivity contribution in [2.24, 2.45) is 10.2 Å². The number of azo groups is 1. The summed E-state index contributed by atoms with van der Waals surface area (Å²) in [6.45, 7) is 0. The average Bonchev–Trinajstić information content (AvgIpc) is 2.47. The van der Waals surface area contributed by atoms with Crippen LogP contribution in [0.4, 0.5) is 5.82 Å². The molecule has 2 rings (SSSR count). The number of aromatic nitrogens is 1. The van der Waals surface area contributed by atoms with Gasteiger partial charge < -0.3 is 0 Å². The first-order chi connectivity index (χ1) is 5.42. The van der Waals surface area contributed by atoms with Gasteiger partial charge in [-0.05, 0) is 6.07 Å². The van der Waals surface area contributed by atoms with Gasteiger partial charge in [0.2, 0.25) is 0 Å². The Kier molecular flexibility index (Phi) is 1.16. The predicted octanol–water partition coefficient (Wildman–Crippen LogP) is 1.74. The van der Waals surface area contributed by atoms with E-state index in [1.165, 1.54) is 0 Å². The zero-order valence-corrected chi connectivity index (χ0v) is 5.60. The molecule has 0 spiro atoms. The third-order valence-corrected chi connectivity index (χ3v) is 1.50. The van der Waals surface area contributed by atoms with Crippen molar-refractivity contribution in [1.82, 2.24) is 4.98 Å². The van der Waals surface area contributed by atoms with E-state index in [1.807, 2.05) is 12.1 Å². The van der Waals surface area contributed by atoms with Crippen LogP contribution in [0.1, 0.15) is 11.6 Å². The Hall–Kier alpha value is -1.76. The molecule has 52 valence electrons. The first-order valence-electron chi connectivity index (χ1n) is 3.17. The summed E-state index contributed by atoms with van der Waals surface area (Å²) in [4.78, 5) is 3.95. The monoisotopic (exact) mass is 144 g/mol. The second-order valence-electron chi connectivity index (χ2n) is 2.16. The van der Waals surface area contributed by atoms with Crippen LogP contribution >= 0.6 is 0 Å². The van der Waals surface area contributed by atoms with E-state index in [1.54, 1.807) is 12.3 Å². The molecule has 1 unspecified atom stereocenters. The van der Waals surface area contributed by atoms with Crippen molar-refractivity contribution in [1.29, 1.82) is 5.26 Å². The Labute approximate surface area is 63.2 Å². The molecule has 1 atom stereocenters. The average molecular weight is 144 g/mol. The molecule has 1 aromatic heterocycles. The Morgan fingerprint density at radius 3 is 3.27 bits per heavy atom. The first kappa shape index (κ1) is 5.98. The Balaban J connectivity index is 2.56. The molecule has 0 aromatic carbocycles. The van der Waals surface area contributed by atoms with E-state index >= 15 is 0 Å². The molecule has 0 saturated carbocycles. The molecule has 0 aliphatic carbocycles. The van der Waals surface area contributed by atoms with E-state index < -0.39 is 6.04 Å². The van der Waals surface area contributed by atoms with E-state index in [-0.39, 0.29) is 0 Å². The fraction of sp³-hybridized carbons (Fsp3) is 0.143. The first-order valence-corrected chi connectivity index (χ1v) is 3.17. The normalized spacial score (nSPS) is 19.4. The van der Waals surface area contributed by atoms with Gasteiger partial charge in [-0.1, -0.05) is 6.07 Å². The molecule has 4 heteroatoms. The zero-order chi connectivity index (χ0) is 7.68. The summed E-state index contributed by atoms with van der Waals surface area (Å²) in [7, 11) is 0. The molecule has 4 nitrogen and oxygen atoms in total. The van der Waals surface area contributed by atoms with Gasteiger partial charge in [-0.2, -0.15) is 10.4 Å². The molecule has 0 saturated heterocycles. The van der Waals surface area contributed by atoms with Crippen molar-refractivity contribution in [3.8, 4) is 6.07 Å². The van der Waals surface area contributed by atoms with Gasteiger partial charge in [0, 0.05) is 11.8 Å². The lowest BCUT2D eigenvalue weighted by atomic mass is 10.1. The summed E-state index contributed by atoms with van der Waals surface area (Å²) < 4.78 is 0. The van der Waals surface area contributed by atoms with Gasteiger partial charge in [-0.3, -0.25) is 0 Å². The number of nitrogens with zero attached hydrogens (tertiary/aromatic N) is 4. The topological polar surface area (TPSA) is 61.4 Å². The van der Waals surface area contributed by atoms with Crippen LogP contribution in [0.25, 0.3) is 0 Å². The molecule has 2 heterocycles. The Morgan fingerprint density at radius 2 is 2.45 bits per heavy atom. The van der Waals surface area contributed by atoms with Crippen molar-refractivity contribution in [3.05, 3.63) is 23.9 Å². The van der Waals surface area contributed by atoms with Gasteiger partial charge in [0.05, 0.1) is 6.07 Å². The minimum absolute atomic E-state index is 0.446. The highest BCUT2D eigenvalue weighted by Gasteiger charge is 2.19. The molecule has 1 aromatic rings. The molecule has 0 fully saturated rings. The van der Waals surface area contributed by atoms with E-state index in [2.05, 4.69) is 15.2 Å². The largest absolute Gasteiger partial charge is 0.235 e. The third-order valence-electron chi connectivity index (χ3n) is 1.50. The molecular formula is C7H4N4. The summed E-state index contributed by atoms with van der Waals surface area (Å²) in [5, 5.41) is 16.0. The van der Waals surface area contributed by atoms with Crippen LogP contribution in [0.3, 0.4) is 0 Å². The van der Waals surface area contributed by atoms with Crippen LogP contribution in [0, 0.1) is 11.3 Å². The van der Waals surface area contributed by atoms with Crippen LogP contribution in [0.15, 0.2) is 28.6 Å². The minimum Gasteiger partial charge on any atom is -0.235 e. The molecule has 0 bridgehead atoms. The van der Waals surface area contributed by atoms with E-state index in [9.17, 15) is 0 Å². The van der Waals surface area contributed by atoms with Crippen molar-refractivity contribution in [3.63, 3.8) is 0 Å².